The maximum absolute atomic E-state index is 13.1. The average molecular weight is 454 g/mol. The lowest BCUT2D eigenvalue weighted by Crippen LogP contribution is -2.41. The van der Waals surface area contributed by atoms with Crippen molar-refractivity contribution in [3.05, 3.63) is 11.5 Å². The maximum atomic E-state index is 13.1. The first-order chi connectivity index (χ1) is 15.7. The monoisotopic (exact) mass is 454 g/mol. The highest BCUT2D eigenvalue weighted by molar-refractivity contribution is 6.54. The Hall–Kier alpha value is -0.935. The van der Waals surface area contributed by atoms with Gasteiger partial charge in [0.2, 0.25) is 0 Å². The Morgan fingerprint density at radius 1 is 0.818 bits per heavy atom. The zero-order chi connectivity index (χ0) is 23.4. The lowest BCUT2D eigenvalue weighted by Gasteiger charge is -2.32. The van der Waals surface area contributed by atoms with Crippen LogP contribution in [0, 0.1) is 35.5 Å². The van der Waals surface area contributed by atoms with Crippen molar-refractivity contribution in [3.63, 3.8) is 0 Å². The molecule has 1 aliphatic heterocycles. The highest BCUT2D eigenvalue weighted by Crippen LogP contribution is 2.49. The summed E-state index contributed by atoms with van der Waals surface area (Å²) in [6.07, 6.45) is 15.2. The predicted octanol–water partition coefficient (Wildman–Crippen LogP) is 6.12. The summed E-state index contributed by atoms with van der Waals surface area (Å²) in [7, 11) is -0.413. The number of fused-ring (bicyclic) bond motifs is 2. The highest BCUT2D eigenvalue weighted by Gasteiger charge is 2.54. The summed E-state index contributed by atoms with van der Waals surface area (Å²) in [6.45, 7) is 8.37. The van der Waals surface area contributed by atoms with Gasteiger partial charge in [0, 0.05) is 24.7 Å². The van der Waals surface area contributed by atoms with Gasteiger partial charge >= 0.3 is 7.12 Å². The average Bonchev–Trinajstić information content (AvgIpc) is 3.32. The van der Waals surface area contributed by atoms with E-state index in [9.17, 15) is 9.59 Å². The van der Waals surface area contributed by atoms with Crippen LogP contribution in [0.1, 0.15) is 105 Å². The van der Waals surface area contributed by atoms with Crippen molar-refractivity contribution >= 4 is 18.7 Å². The quantitative estimate of drug-likeness (QED) is 0.470. The van der Waals surface area contributed by atoms with E-state index in [0.29, 0.717) is 35.2 Å². The number of Topliss-reactive ketones (excluding diaryl/α,β-unsaturated/α-hetero) is 2. The van der Waals surface area contributed by atoms with Crippen LogP contribution in [0.5, 0.6) is 0 Å². The molecule has 4 aliphatic carbocycles. The Morgan fingerprint density at radius 3 is 1.88 bits per heavy atom. The van der Waals surface area contributed by atoms with E-state index in [1.165, 1.54) is 51.4 Å². The van der Waals surface area contributed by atoms with Crippen molar-refractivity contribution in [1.29, 1.82) is 0 Å². The number of allylic oxidation sites excluding steroid dienone is 2. The largest absolute Gasteiger partial charge is 0.490 e. The number of carbonyl (C=O) groups is 2. The minimum Gasteiger partial charge on any atom is -0.400 e. The Labute approximate surface area is 200 Å². The molecule has 0 spiro atoms. The molecule has 182 valence electrons. The smallest absolute Gasteiger partial charge is 0.400 e. The molecule has 0 bridgehead atoms. The van der Waals surface area contributed by atoms with E-state index in [0.717, 1.165) is 31.2 Å². The zero-order valence-electron chi connectivity index (χ0n) is 21.2. The number of rotatable bonds is 5. The van der Waals surface area contributed by atoms with Crippen LogP contribution < -0.4 is 0 Å². The normalized spacial score (nSPS) is 40.2. The van der Waals surface area contributed by atoms with Gasteiger partial charge in [0.25, 0.3) is 0 Å². The number of carbonyl (C=O) groups excluding carboxylic acids is 2. The number of hydrogen-bond donors (Lipinski definition) is 0. The SMILES string of the molecule is CC1(C)OB(/C(=C/C[C@H]2C(=O)C[C@H]3CCCC[C@@H]32)C[C@@H]2C(=O)C[C@@H]3CCCC[C@H]32)OC1(C)C. The van der Waals surface area contributed by atoms with Crippen LogP contribution in [0.15, 0.2) is 11.5 Å². The summed E-state index contributed by atoms with van der Waals surface area (Å²) in [5, 5.41) is 0. The fourth-order valence-electron chi connectivity index (χ4n) is 7.71. The second-order valence-corrected chi connectivity index (χ2v) is 12.8. The Morgan fingerprint density at radius 2 is 1.30 bits per heavy atom. The molecule has 0 amide bonds. The molecule has 6 atom stereocenters. The molecule has 5 aliphatic rings. The first-order valence-corrected chi connectivity index (χ1v) is 13.8. The molecule has 5 heteroatoms. The molecule has 1 saturated heterocycles. The molecule has 0 aromatic heterocycles. The molecule has 5 rings (SSSR count). The second kappa shape index (κ2) is 8.93. The van der Waals surface area contributed by atoms with Crippen molar-refractivity contribution < 1.29 is 18.9 Å². The molecule has 0 radical (unpaired) electrons. The molecule has 1 heterocycles. The minimum absolute atomic E-state index is 0.0993. The summed E-state index contributed by atoms with van der Waals surface area (Å²) in [4.78, 5) is 26.0. The van der Waals surface area contributed by atoms with Crippen LogP contribution in [-0.2, 0) is 18.9 Å². The summed E-state index contributed by atoms with van der Waals surface area (Å²) < 4.78 is 12.9. The minimum atomic E-state index is -0.413. The van der Waals surface area contributed by atoms with Gasteiger partial charge in [0.1, 0.15) is 11.6 Å². The fourth-order valence-corrected chi connectivity index (χ4v) is 7.71. The summed E-state index contributed by atoms with van der Waals surface area (Å²) in [6, 6.07) is 0. The summed E-state index contributed by atoms with van der Waals surface area (Å²) >= 11 is 0. The molecule has 33 heavy (non-hydrogen) atoms. The first-order valence-electron chi connectivity index (χ1n) is 13.8. The molecule has 0 aromatic carbocycles. The van der Waals surface area contributed by atoms with E-state index in [1.807, 2.05) is 0 Å². The van der Waals surface area contributed by atoms with Gasteiger partial charge in [-0.05, 0) is 95.4 Å². The van der Waals surface area contributed by atoms with Crippen LogP contribution in [0.25, 0.3) is 0 Å². The van der Waals surface area contributed by atoms with Gasteiger partial charge < -0.3 is 9.31 Å². The molecule has 0 N–H and O–H groups in total. The predicted molar refractivity (Wildman–Crippen MR) is 131 cm³/mol. The summed E-state index contributed by atoms with van der Waals surface area (Å²) in [5.41, 5.74) is 0.313. The van der Waals surface area contributed by atoms with Gasteiger partial charge in [-0.1, -0.05) is 31.8 Å². The van der Waals surface area contributed by atoms with Crippen molar-refractivity contribution in [2.24, 2.45) is 35.5 Å². The molecule has 0 aromatic rings. The third kappa shape index (κ3) is 4.42. The Kier molecular flexibility index (Phi) is 6.44. The van der Waals surface area contributed by atoms with Crippen molar-refractivity contribution in [2.75, 3.05) is 0 Å². The lowest BCUT2D eigenvalue weighted by molar-refractivity contribution is -0.122. The van der Waals surface area contributed by atoms with E-state index in [-0.39, 0.29) is 11.8 Å². The van der Waals surface area contributed by atoms with E-state index < -0.39 is 18.3 Å². The third-order valence-electron chi connectivity index (χ3n) is 10.4. The zero-order valence-corrected chi connectivity index (χ0v) is 21.2. The third-order valence-corrected chi connectivity index (χ3v) is 10.4. The fraction of sp³-hybridized carbons (Fsp3) is 0.857. The Balaban J connectivity index is 1.38. The van der Waals surface area contributed by atoms with Gasteiger partial charge in [0.15, 0.2) is 0 Å². The van der Waals surface area contributed by atoms with Crippen LogP contribution in [0.4, 0.5) is 0 Å². The lowest BCUT2D eigenvalue weighted by atomic mass is 9.68. The molecule has 0 unspecified atom stereocenters. The first kappa shape index (κ1) is 23.8. The standard InChI is InChI=1S/C28H43BO4/c1-27(2)28(3,4)33-29(32-27)20(17-24-22-12-8-6-10-19(22)16-26(24)31)13-14-23-21-11-7-5-9-18(21)15-25(23)30/h13,18-19,21-24H,5-12,14-17H2,1-4H3/b20-13+/t18-,19+,21+,22-,23-,24+/m1/s1. The summed E-state index contributed by atoms with van der Waals surface area (Å²) in [5.74, 6) is 3.40. The number of ketones is 2. The van der Waals surface area contributed by atoms with E-state index in [4.69, 9.17) is 9.31 Å². The van der Waals surface area contributed by atoms with Gasteiger partial charge in [-0.3, -0.25) is 9.59 Å². The second-order valence-electron chi connectivity index (χ2n) is 12.8. The van der Waals surface area contributed by atoms with E-state index in [2.05, 4.69) is 33.8 Å². The number of hydrogen-bond acceptors (Lipinski definition) is 4. The van der Waals surface area contributed by atoms with Crippen LogP contribution in [0.3, 0.4) is 0 Å². The maximum Gasteiger partial charge on any atom is 0.490 e. The van der Waals surface area contributed by atoms with Crippen LogP contribution in [-0.4, -0.2) is 29.9 Å². The molecule has 5 fully saturated rings. The van der Waals surface area contributed by atoms with Gasteiger partial charge in [0.05, 0.1) is 11.2 Å². The van der Waals surface area contributed by atoms with Crippen molar-refractivity contribution in [3.8, 4) is 0 Å². The molecule has 4 saturated carbocycles. The van der Waals surface area contributed by atoms with Crippen LogP contribution >= 0.6 is 0 Å². The Bertz CT molecular complexity index is 799. The van der Waals surface area contributed by atoms with Crippen molar-refractivity contribution in [2.45, 2.75) is 116 Å². The molecular formula is C28H43BO4. The van der Waals surface area contributed by atoms with Gasteiger partial charge in [-0.25, -0.2) is 0 Å². The van der Waals surface area contributed by atoms with E-state index >= 15 is 0 Å². The van der Waals surface area contributed by atoms with Crippen molar-refractivity contribution in [1.82, 2.24) is 0 Å². The molecule has 4 nitrogen and oxygen atoms in total. The molecular weight excluding hydrogens is 411 g/mol. The van der Waals surface area contributed by atoms with Gasteiger partial charge in [-0.2, -0.15) is 0 Å². The van der Waals surface area contributed by atoms with Gasteiger partial charge in [-0.15, -0.1) is 0 Å². The van der Waals surface area contributed by atoms with E-state index in [1.54, 1.807) is 0 Å². The highest BCUT2D eigenvalue weighted by atomic mass is 16.7. The van der Waals surface area contributed by atoms with Crippen LogP contribution in [0.2, 0.25) is 0 Å². The topological polar surface area (TPSA) is 52.6 Å².